The molecule has 0 spiro atoms. The zero-order chi connectivity index (χ0) is 18.3. The molecule has 3 heterocycles. The van der Waals surface area contributed by atoms with E-state index in [4.69, 9.17) is 14.5 Å². The average Bonchev–Trinajstić information content (AvgIpc) is 3.41. The highest BCUT2D eigenvalue weighted by Crippen LogP contribution is 2.26. The lowest BCUT2D eigenvalue weighted by molar-refractivity contribution is 0.0265. The lowest BCUT2D eigenvalue weighted by atomic mass is 10.1. The standard InChI is InChI=1S/C21H34N4O2/c1-2-6-18(5-1)17-27-21-16-22-15-20(23-21)25-11-7-19(8-12-25)26-14-13-24-9-3-4-10-24/h15-16,18-19H,1-14,17H2. The van der Waals surface area contributed by atoms with Crippen LogP contribution < -0.4 is 9.64 Å². The third-order valence-corrected chi connectivity index (χ3v) is 6.27. The number of anilines is 1. The van der Waals surface area contributed by atoms with Gasteiger partial charge in [0.1, 0.15) is 0 Å². The van der Waals surface area contributed by atoms with Crippen LogP contribution in [0.2, 0.25) is 0 Å². The van der Waals surface area contributed by atoms with Crippen molar-refractivity contribution in [2.45, 2.75) is 57.5 Å². The number of hydrogen-bond donors (Lipinski definition) is 0. The molecule has 1 aromatic rings. The van der Waals surface area contributed by atoms with Crippen LogP contribution in [0.1, 0.15) is 51.4 Å². The molecular formula is C21H34N4O2. The predicted molar refractivity (Wildman–Crippen MR) is 106 cm³/mol. The van der Waals surface area contributed by atoms with E-state index in [1.807, 2.05) is 6.20 Å². The van der Waals surface area contributed by atoms with Crippen molar-refractivity contribution in [3.8, 4) is 5.88 Å². The Hall–Kier alpha value is -1.40. The molecule has 3 fully saturated rings. The Morgan fingerprint density at radius 1 is 0.926 bits per heavy atom. The Morgan fingerprint density at radius 2 is 1.70 bits per heavy atom. The molecule has 6 nitrogen and oxygen atoms in total. The van der Waals surface area contributed by atoms with Gasteiger partial charge in [-0.2, -0.15) is 4.98 Å². The van der Waals surface area contributed by atoms with E-state index in [9.17, 15) is 0 Å². The second kappa shape index (κ2) is 9.69. The first-order valence-electron chi connectivity index (χ1n) is 10.9. The fourth-order valence-electron chi connectivity index (χ4n) is 4.55. The first-order chi connectivity index (χ1) is 13.4. The van der Waals surface area contributed by atoms with Crippen LogP contribution in [0.5, 0.6) is 5.88 Å². The van der Waals surface area contributed by atoms with Gasteiger partial charge in [0.15, 0.2) is 5.82 Å². The summed E-state index contributed by atoms with van der Waals surface area (Å²) < 4.78 is 12.0. The number of nitrogens with zero attached hydrogens (tertiary/aromatic N) is 4. The second-order valence-corrected chi connectivity index (χ2v) is 8.28. The van der Waals surface area contributed by atoms with Gasteiger partial charge in [-0.05, 0) is 57.5 Å². The van der Waals surface area contributed by atoms with Crippen molar-refractivity contribution in [3.05, 3.63) is 12.4 Å². The maximum atomic E-state index is 6.12. The summed E-state index contributed by atoms with van der Waals surface area (Å²) in [5.41, 5.74) is 0. The van der Waals surface area contributed by atoms with Crippen molar-refractivity contribution in [3.63, 3.8) is 0 Å². The Kier molecular flexibility index (Phi) is 6.80. The van der Waals surface area contributed by atoms with E-state index < -0.39 is 0 Å². The lowest BCUT2D eigenvalue weighted by Gasteiger charge is -2.32. The van der Waals surface area contributed by atoms with Gasteiger partial charge in [0.2, 0.25) is 5.88 Å². The Labute approximate surface area is 163 Å². The molecule has 0 amide bonds. The van der Waals surface area contributed by atoms with E-state index >= 15 is 0 Å². The van der Waals surface area contributed by atoms with Gasteiger partial charge in [-0.1, -0.05) is 12.8 Å². The van der Waals surface area contributed by atoms with Gasteiger partial charge in [-0.15, -0.1) is 0 Å². The zero-order valence-electron chi connectivity index (χ0n) is 16.5. The molecule has 1 aromatic heterocycles. The molecule has 2 aliphatic heterocycles. The van der Waals surface area contributed by atoms with Crippen LogP contribution >= 0.6 is 0 Å². The van der Waals surface area contributed by atoms with Crippen molar-refractivity contribution in [1.82, 2.24) is 14.9 Å². The Balaban J connectivity index is 1.19. The van der Waals surface area contributed by atoms with Crippen LogP contribution in [0.15, 0.2) is 12.4 Å². The average molecular weight is 375 g/mol. The molecule has 2 saturated heterocycles. The molecule has 0 radical (unpaired) electrons. The van der Waals surface area contributed by atoms with E-state index in [-0.39, 0.29) is 0 Å². The fourth-order valence-corrected chi connectivity index (χ4v) is 4.55. The molecule has 1 aliphatic carbocycles. The lowest BCUT2D eigenvalue weighted by Crippen LogP contribution is -2.38. The highest BCUT2D eigenvalue weighted by molar-refractivity contribution is 5.38. The molecule has 3 aliphatic rings. The summed E-state index contributed by atoms with van der Waals surface area (Å²) in [6.45, 7) is 7.20. The van der Waals surface area contributed by atoms with Crippen LogP contribution in [0, 0.1) is 5.92 Å². The summed E-state index contributed by atoms with van der Waals surface area (Å²) in [5, 5.41) is 0. The van der Waals surface area contributed by atoms with Gasteiger partial charge in [-0.3, -0.25) is 4.98 Å². The number of hydrogen-bond acceptors (Lipinski definition) is 6. The molecule has 150 valence electrons. The van der Waals surface area contributed by atoms with E-state index in [1.54, 1.807) is 6.20 Å². The molecule has 0 bridgehead atoms. The first kappa shape index (κ1) is 18.9. The zero-order valence-corrected chi connectivity index (χ0v) is 16.5. The molecule has 27 heavy (non-hydrogen) atoms. The highest BCUT2D eigenvalue weighted by Gasteiger charge is 2.22. The van der Waals surface area contributed by atoms with Crippen LogP contribution in [0.25, 0.3) is 0 Å². The van der Waals surface area contributed by atoms with Crippen LogP contribution in [-0.2, 0) is 4.74 Å². The number of piperidine rings is 1. The van der Waals surface area contributed by atoms with Gasteiger partial charge in [-0.25, -0.2) is 0 Å². The predicted octanol–water partition coefficient (Wildman–Crippen LogP) is 3.13. The maximum absolute atomic E-state index is 6.12. The van der Waals surface area contributed by atoms with Gasteiger partial charge in [0, 0.05) is 19.6 Å². The Bertz CT molecular complexity index is 565. The second-order valence-electron chi connectivity index (χ2n) is 8.28. The third kappa shape index (κ3) is 5.55. The smallest absolute Gasteiger partial charge is 0.234 e. The van der Waals surface area contributed by atoms with Crippen molar-refractivity contribution in [2.24, 2.45) is 5.92 Å². The number of likely N-dealkylation sites (tertiary alicyclic amines) is 1. The Morgan fingerprint density at radius 3 is 2.48 bits per heavy atom. The van der Waals surface area contributed by atoms with Crippen molar-refractivity contribution >= 4 is 5.82 Å². The van der Waals surface area contributed by atoms with Crippen molar-refractivity contribution in [1.29, 1.82) is 0 Å². The van der Waals surface area contributed by atoms with Crippen LogP contribution in [-0.4, -0.2) is 66.9 Å². The first-order valence-corrected chi connectivity index (χ1v) is 10.9. The minimum Gasteiger partial charge on any atom is -0.476 e. The van der Waals surface area contributed by atoms with Crippen LogP contribution in [0.4, 0.5) is 5.82 Å². The molecule has 0 N–H and O–H groups in total. The molecule has 0 atom stereocenters. The van der Waals surface area contributed by atoms with Crippen molar-refractivity contribution in [2.75, 3.05) is 50.8 Å². The van der Waals surface area contributed by atoms with Gasteiger partial charge < -0.3 is 19.3 Å². The number of ether oxygens (including phenoxy) is 2. The minimum absolute atomic E-state index is 0.388. The van der Waals surface area contributed by atoms with E-state index in [2.05, 4.69) is 14.8 Å². The number of aromatic nitrogens is 2. The van der Waals surface area contributed by atoms with Crippen molar-refractivity contribution < 1.29 is 9.47 Å². The summed E-state index contributed by atoms with van der Waals surface area (Å²) in [7, 11) is 0. The van der Waals surface area contributed by atoms with Gasteiger partial charge in [0.25, 0.3) is 0 Å². The largest absolute Gasteiger partial charge is 0.476 e. The highest BCUT2D eigenvalue weighted by atomic mass is 16.5. The third-order valence-electron chi connectivity index (χ3n) is 6.27. The molecular weight excluding hydrogens is 340 g/mol. The summed E-state index contributed by atoms with van der Waals surface area (Å²) in [6.07, 6.45) is 14.1. The van der Waals surface area contributed by atoms with E-state index in [0.717, 1.165) is 51.5 Å². The van der Waals surface area contributed by atoms with Crippen LogP contribution in [0.3, 0.4) is 0 Å². The maximum Gasteiger partial charge on any atom is 0.234 e. The monoisotopic (exact) mass is 374 g/mol. The molecule has 6 heteroatoms. The SMILES string of the molecule is c1ncc(N2CCC(OCCN3CCCC3)CC2)nc1OCC1CCCC1. The summed E-state index contributed by atoms with van der Waals surface area (Å²) in [5.74, 6) is 2.31. The minimum atomic E-state index is 0.388. The molecule has 1 saturated carbocycles. The van der Waals surface area contributed by atoms with Gasteiger partial charge >= 0.3 is 0 Å². The van der Waals surface area contributed by atoms with E-state index in [0.29, 0.717) is 17.9 Å². The number of rotatable bonds is 8. The normalized spacial score (nSPS) is 22.6. The summed E-state index contributed by atoms with van der Waals surface area (Å²) in [4.78, 5) is 13.9. The quantitative estimate of drug-likeness (QED) is 0.697. The molecule has 4 rings (SSSR count). The summed E-state index contributed by atoms with van der Waals surface area (Å²) >= 11 is 0. The van der Waals surface area contributed by atoms with Gasteiger partial charge in [0.05, 0.1) is 31.7 Å². The summed E-state index contributed by atoms with van der Waals surface area (Å²) in [6, 6.07) is 0. The molecule has 0 unspecified atom stereocenters. The fraction of sp³-hybridized carbons (Fsp3) is 0.810. The molecule has 0 aromatic carbocycles. The van der Waals surface area contributed by atoms with E-state index in [1.165, 1.54) is 51.6 Å². The topological polar surface area (TPSA) is 50.7 Å².